The number of amides is 2. The molecule has 1 heterocycles. The van der Waals surface area contributed by atoms with Crippen LogP contribution in [0.25, 0.3) is 0 Å². The van der Waals surface area contributed by atoms with Gasteiger partial charge in [-0.15, -0.1) is 0 Å². The number of carbonyl (C=O) groups excluding carboxylic acids is 2. The molecule has 0 aromatic heterocycles. The molecular weight excluding hydrogens is 262 g/mol. The molecule has 0 saturated carbocycles. The van der Waals surface area contributed by atoms with Crippen molar-refractivity contribution in [1.29, 1.82) is 0 Å². The lowest BCUT2D eigenvalue weighted by Gasteiger charge is -2.15. The van der Waals surface area contributed by atoms with Gasteiger partial charge >= 0.3 is 0 Å². The van der Waals surface area contributed by atoms with E-state index in [1.165, 1.54) is 30.4 Å². The van der Waals surface area contributed by atoms with Gasteiger partial charge in [-0.05, 0) is 34.1 Å². The standard InChI is InChI=1S/C10H6BrNO3/c11-7-5-6(13)1-2-8(7)12-9(14)3-4-10(12)15/h1-5,13H. The van der Waals surface area contributed by atoms with Crippen molar-refractivity contribution in [3.8, 4) is 5.75 Å². The van der Waals surface area contributed by atoms with Gasteiger partial charge in [0.1, 0.15) is 5.75 Å². The number of benzene rings is 1. The van der Waals surface area contributed by atoms with Crippen molar-refractivity contribution < 1.29 is 14.7 Å². The number of aromatic hydroxyl groups is 1. The van der Waals surface area contributed by atoms with Crippen LogP contribution in [0.4, 0.5) is 5.69 Å². The minimum atomic E-state index is -0.383. The minimum absolute atomic E-state index is 0.0673. The fourth-order valence-electron chi connectivity index (χ4n) is 1.31. The molecule has 0 saturated heterocycles. The molecule has 5 heteroatoms. The van der Waals surface area contributed by atoms with Gasteiger partial charge in [0.25, 0.3) is 11.8 Å². The van der Waals surface area contributed by atoms with Gasteiger partial charge in [0.2, 0.25) is 0 Å². The second kappa shape index (κ2) is 3.51. The van der Waals surface area contributed by atoms with Crippen LogP contribution in [0.1, 0.15) is 0 Å². The Kier molecular flexibility index (Phi) is 2.32. The number of carbonyl (C=O) groups is 2. The number of imide groups is 1. The number of rotatable bonds is 1. The van der Waals surface area contributed by atoms with Crippen molar-refractivity contribution in [2.75, 3.05) is 4.90 Å². The maximum Gasteiger partial charge on any atom is 0.258 e. The number of hydrogen-bond acceptors (Lipinski definition) is 3. The largest absolute Gasteiger partial charge is 0.508 e. The summed E-state index contributed by atoms with van der Waals surface area (Å²) in [4.78, 5) is 23.7. The molecule has 1 aliphatic rings. The molecular formula is C10H6BrNO3. The zero-order valence-electron chi connectivity index (χ0n) is 7.48. The van der Waals surface area contributed by atoms with E-state index in [9.17, 15) is 14.7 Å². The number of hydrogen-bond donors (Lipinski definition) is 1. The van der Waals surface area contributed by atoms with Gasteiger partial charge in [-0.2, -0.15) is 0 Å². The summed E-state index contributed by atoms with van der Waals surface area (Å²) in [5, 5.41) is 9.18. The van der Waals surface area contributed by atoms with Crippen molar-refractivity contribution in [2.24, 2.45) is 0 Å². The van der Waals surface area contributed by atoms with E-state index in [0.717, 1.165) is 4.90 Å². The van der Waals surface area contributed by atoms with E-state index in [4.69, 9.17) is 0 Å². The molecule has 0 fully saturated rings. The van der Waals surface area contributed by atoms with E-state index < -0.39 is 0 Å². The van der Waals surface area contributed by atoms with E-state index >= 15 is 0 Å². The minimum Gasteiger partial charge on any atom is -0.508 e. The Hall–Kier alpha value is -1.62. The molecule has 1 aromatic rings. The molecule has 0 atom stereocenters. The fourth-order valence-corrected chi connectivity index (χ4v) is 1.86. The number of anilines is 1. The van der Waals surface area contributed by atoms with E-state index in [1.54, 1.807) is 0 Å². The number of phenolic OH excluding ortho intramolecular Hbond substituents is 1. The first-order valence-electron chi connectivity index (χ1n) is 4.14. The topological polar surface area (TPSA) is 57.6 Å². The molecule has 0 bridgehead atoms. The summed E-state index contributed by atoms with van der Waals surface area (Å²) in [7, 11) is 0. The summed E-state index contributed by atoms with van der Waals surface area (Å²) in [6, 6.07) is 4.34. The van der Waals surface area contributed by atoms with Crippen LogP contribution in [0.2, 0.25) is 0 Å². The quantitative estimate of drug-likeness (QED) is 0.787. The Morgan fingerprint density at radius 1 is 1.13 bits per heavy atom. The third kappa shape index (κ3) is 1.66. The second-order valence-electron chi connectivity index (χ2n) is 2.98. The summed E-state index contributed by atoms with van der Waals surface area (Å²) < 4.78 is 0.493. The highest BCUT2D eigenvalue weighted by Crippen LogP contribution is 2.31. The highest BCUT2D eigenvalue weighted by molar-refractivity contribution is 9.10. The molecule has 2 amide bonds. The molecule has 1 N–H and O–H groups in total. The van der Waals surface area contributed by atoms with E-state index in [2.05, 4.69) is 15.9 Å². The van der Waals surface area contributed by atoms with Crippen molar-refractivity contribution >= 4 is 33.4 Å². The molecule has 0 spiro atoms. The Morgan fingerprint density at radius 2 is 1.73 bits per heavy atom. The van der Waals surface area contributed by atoms with Gasteiger partial charge < -0.3 is 5.11 Å². The molecule has 0 unspecified atom stereocenters. The number of nitrogens with zero attached hydrogens (tertiary/aromatic N) is 1. The van der Waals surface area contributed by atoms with Gasteiger partial charge in [-0.25, -0.2) is 4.90 Å². The van der Waals surface area contributed by atoms with E-state index in [1.807, 2.05) is 0 Å². The smallest absolute Gasteiger partial charge is 0.258 e. The lowest BCUT2D eigenvalue weighted by Crippen LogP contribution is -2.29. The second-order valence-corrected chi connectivity index (χ2v) is 3.84. The van der Waals surface area contributed by atoms with Crippen molar-refractivity contribution in [3.05, 3.63) is 34.8 Å². The van der Waals surface area contributed by atoms with Crippen LogP contribution in [0.15, 0.2) is 34.8 Å². The maximum absolute atomic E-state index is 11.4. The molecule has 1 aromatic carbocycles. The van der Waals surface area contributed by atoms with Crippen LogP contribution in [0.3, 0.4) is 0 Å². The van der Waals surface area contributed by atoms with Crippen molar-refractivity contribution in [3.63, 3.8) is 0 Å². The van der Waals surface area contributed by atoms with E-state index in [-0.39, 0.29) is 17.6 Å². The Balaban J connectivity index is 2.46. The summed E-state index contributed by atoms with van der Waals surface area (Å²) in [6.07, 6.45) is 2.42. The van der Waals surface area contributed by atoms with Crippen LogP contribution >= 0.6 is 15.9 Å². The monoisotopic (exact) mass is 267 g/mol. The summed E-state index contributed by atoms with van der Waals surface area (Å²) in [5.74, 6) is -0.699. The first-order valence-corrected chi connectivity index (χ1v) is 4.93. The van der Waals surface area contributed by atoms with Gasteiger partial charge in [0, 0.05) is 16.6 Å². The van der Waals surface area contributed by atoms with Gasteiger partial charge in [-0.1, -0.05) is 0 Å². The molecule has 76 valence electrons. The first-order chi connectivity index (χ1) is 7.09. The average molecular weight is 268 g/mol. The Bertz CT molecular complexity index is 464. The molecule has 2 rings (SSSR count). The Labute approximate surface area is 93.9 Å². The number of phenols is 1. The van der Waals surface area contributed by atoms with Crippen LogP contribution in [-0.4, -0.2) is 16.9 Å². The average Bonchev–Trinajstić information content (AvgIpc) is 2.48. The lowest BCUT2D eigenvalue weighted by molar-refractivity contribution is -0.119. The summed E-state index contributed by atoms with van der Waals surface area (Å²) in [6.45, 7) is 0. The van der Waals surface area contributed by atoms with Crippen LogP contribution < -0.4 is 4.90 Å². The first kappa shape index (κ1) is 9.92. The zero-order chi connectivity index (χ0) is 11.0. The summed E-state index contributed by atoms with van der Waals surface area (Å²) >= 11 is 3.18. The van der Waals surface area contributed by atoms with Crippen LogP contribution in [0, 0.1) is 0 Å². The van der Waals surface area contributed by atoms with Crippen LogP contribution in [-0.2, 0) is 9.59 Å². The van der Waals surface area contributed by atoms with E-state index in [0.29, 0.717) is 10.2 Å². The molecule has 0 radical (unpaired) electrons. The molecule has 1 aliphatic heterocycles. The number of halogens is 1. The van der Waals surface area contributed by atoms with Gasteiger partial charge in [-0.3, -0.25) is 9.59 Å². The fraction of sp³-hybridized carbons (Fsp3) is 0. The highest BCUT2D eigenvalue weighted by atomic mass is 79.9. The third-order valence-corrected chi connectivity index (χ3v) is 2.62. The predicted molar refractivity (Wildman–Crippen MR) is 57.4 cm³/mol. The van der Waals surface area contributed by atoms with Crippen molar-refractivity contribution in [1.82, 2.24) is 0 Å². The van der Waals surface area contributed by atoms with Gasteiger partial charge in [0.15, 0.2) is 0 Å². The normalized spacial score (nSPS) is 15.1. The molecule has 4 nitrogen and oxygen atoms in total. The lowest BCUT2D eigenvalue weighted by atomic mass is 10.3. The highest BCUT2D eigenvalue weighted by Gasteiger charge is 2.26. The maximum atomic E-state index is 11.4. The van der Waals surface area contributed by atoms with Crippen molar-refractivity contribution in [2.45, 2.75) is 0 Å². The molecule has 0 aliphatic carbocycles. The Morgan fingerprint density at radius 3 is 2.27 bits per heavy atom. The summed E-state index contributed by atoms with van der Waals surface area (Å²) in [5.41, 5.74) is 0.424. The van der Waals surface area contributed by atoms with Gasteiger partial charge in [0.05, 0.1) is 5.69 Å². The molecule has 15 heavy (non-hydrogen) atoms. The third-order valence-electron chi connectivity index (χ3n) is 1.98. The zero-order valence-corrected chi connectivity index (χ0v) is 9.06. The SMILES string of the molecule is O=C1C=CC(=O)N1c1ccc(O)cc1Br. The predicted octanol–water partition coefficient (Wildman–Crippen LogP) is 1.58. The van der Waals surface area contributed by atoms with Crippen LogP contribution in [0.5, 0.6) is 5.75 Å².